The molecule has 0 bridgehead atoms. The van der Waals surface area contributed by atoms with E-state index in [4.69, 9.17) is 0 Å². The summed E-state index contributed by atoms with van der Waals surface area (Å²) in [4.78, 5) is 19.9. The summed E-state index contributed by atoms with van der Waals surface area (Å²) in [6.45, 7) is 13.6. The van der Waals surface area contributed by atoms with Crippen LogP contribution in [0.4, 0.5) is 5.69 Å². The molecular weight excluding hydrogens is 390 g/mol. The second kappa shape index (κ2) is 8.42. The highest BCUT2D eigenvalue weighted by Crippen LogP contribution is 2.35. The van der Waals surface area contributed by atoms with E-state index in [-0.39, 0.29) is 28.9 Å². The van der Waals surface area contributed by atoms with Gasteiger partial charge in [-0.15, -0.1) is 0 Å². The van der Waals surface area contributed by atoms with Crippen LogP contribution >= 0.6 is 0 Å². The molecule has 2 aromatic carbocycles. The second-order valence-corrected chi connectivity index (χ2v) is 9.31. The Kier molecular flexibility index (Phi) is 5.84. The zero-order valence-corrected chi connectivity index (χ0v) is 18.9. The SMILES string of the molecule is CC(C)c1cc(C(=O)N2Cc3ccc(N4CCN(C(C)C)CC4)cc3C2)c(O)cc1O. The van der Waals surface area contributed by atoms with Crippen LogP contribution in [0.5, 0.6) is 11.5 Å². The third-order valence-corrected chi connectivity index (χ3v) is 6.61. The van der Waals surface area contributed by atoms with Crippen LogP contribution < -0.4 is 4.90 Å². The van der Waals surface area contributed by atoms with E-state index in [9.17, 15) is 15.0 Å². The van der Waals surface area contributed by atoms with Crippen molar-refractivity contribution in [1.82, 2.24) is 9.80 Å². The number of fused-ring (bicyclic) bond motifs is 1. The average Bonchev–Trinajstić information content (AvgIpc) is 3.16. The fourth-order valence-corrected chi connectivity index (χ4v) is 4.62. The minimum Gasteiger partial charge on any atom is -0.508 e. The van der Waals surface area contributed by atoms with E-state index in [1.807, 2.05) is 13.8 Å². The maximum atomic E-state index is 13.2. The molecule has 166 valence electrons. The number of hydrogen-bond acceptors (Lipinski definition) is 5. The number of aromatic hydroxyl groups is 2. The number of hydrogen-bond donors (Lipinski definition) is 2. The first-order valence-electron chi connectivity index (χ1n) is 11.2. The first-order valence-corrected chi connectivity index (χ1v) is 11.2. The van der Waals surface area contributed by atoms with Crippen molar-refractivity contribution < 1.29 is 15.0 Å². The van der Waals surface area contributed by atoms with Crippen molar-refractivity contribution in [3.8, 4) is 11.5 Å². The molecule has 2 aromatic rings. The van der Waals surface area contributed by atoms with Gasteiger partial charge in [-0.3, -0.25) is 9.69 Å². The Balaban J connectivity index is 1.49. The molecule has 6 nitrogen and oxygen atoms in total. The van der Waals surface area contributed by atoms with Crippen molar-refractivity contribution in [3.63, 3.8) is 0 Å². The molecule has 1 amide bonds. The van der Waals surface area contributed by atoms with Crippen LogP contribution in [0, 0.1) is 0 Å². The molecule has 0 saturated carbocycles. The molecule has 2 aliphatic rings. The minimum absolute atomic E-state index is 0.0240. The predicted octanol–water partition coefficient (Wildman–Crippen LogP) is 3.91. The molecule has 0 unspecified atom stereocenters. The van der Waals surface area contributed by atoms with E-state index in [0.29, 0.717) is 24.7 Å². The summed E-state index contributed by atoms with van der Waals surface area (Å²) < 4.78 is 0. The molecule has 6 heteroatoms. The third kappa shape index (κ3) is 4.22. The Morgan fingerprint density at radius 2 is 1.55 bits per heavy atom. The summed E-state index contributed by atoms with van der Waals surface area (Å²) in [7, 11) is 0. The normalized spacial score (nSPS) is 17.0. The second-order valence-electron chi connectivity index (χ2n) is 9.31. The maximum Gasteiger partial charge on any atom is 0.258 e. The minimum atomic E-state index is -0.206. The lowest BCUT2D eigenvalue weighted by molar-refractivity contribution is 0.0748. The van der Waals surface area contributed by atoms with E-state index >= 15 is 0 Å². The number of amides is 1. The zero-order valence-electron chi connectivity index (χ0n) is 18.9. The monoisotopic (exact) mass is 423 g/mol. The number of anilines is 1. The Hall–Kier alpha value is -2.73. The number of phenolic OH excluding ortho intramolecular Hbond substituents is 2. The van der Waals surface area contributed by atoms with Crippen LogP contribution in [0.2, 0.25) is 0 Å². The highest BCUT2D eigenvalue weighted by molar-refractivity contribution is 5.97. The number of benzene rings is 2. The van der Waals surface area contributed by atoms with Gasteiger partial charge >= 0.3 is 0 Å². The van der Waals surface area contributed by atoms with E-state index in [0.717, 1.165) is 31.7 Å². The Morgan fingerprint density at radius 3 is 2.19 bits per heavy atom. The summed E-state index contributed by atoms with van der Waals surface area (Å²) in [5.74, 6) is -0.299. The van der Waals surface area contributed by atoms with Crippen LogP contribution in [0.3, 0.4) is 0 Å². The van der Waals surface area contributed by atoms with E-state index in [2.05, 4.69) is 41.8 Å². The van der Waals surface area contributed by atoms with Gasteiger partial charge in [0.15, 0.2) is 0 Å². The fourth-order valence-electron chi connectivity index (χ4n) is 4.62. The number of carbonyl (C=O) groups is 1. The number of nitrogens with zero attached hydrogens (tertiary/aromatic N) is 3. The lowest BCUT2D eigenvalue weighted by Gasteiger charge is -2.38. The molecule has 0 aliphatic carbocycles. The molecule has 0 spiro atoms. The Morgan fingerprint density at radius 1 is 0.871 bits per heavy atom. The molecule has 2 aliphatic heterocycles. The van der Waals surface area contributed by atoms with Crippen LogP contribution in [0.25, 0.3) is 0 Å². The third-order valence-electron chi connectivity index (χ3n) is 6.61. The van der Waals surface area contributed by atoms with Crippen molar-refractivity contribution in [2.45, 2.75) is 52.7 Å². The number of piperazine rings is 1. The van der Waals surface area contributed by atoms with Crippen molar-refractivity contribution >= 4 is 11.6 Å². The predicted molar refractivity (Wildman–Crippen MR) is 123 cm³/mol. The van der Waals surface area contributed by atoms with Crippen LogP contribution in [-0.4, -0.2) is 58.1 Å². The molecular formula is C25H33N3O3. The molecule has 0 atom stereocenters. The largest absolute Gasteiger partial charge is 0.508 e. The molecule has 4 rings (SSSR count). The zero-order chi connectivity index (χ0) is 22.3. The van der Waals surface area contributed by atoms with E-state index < -0.39 is 0 Å². The first kappa shape index (κ1) is 21.5. The Bertz CT molecular complexity index is 978. The number of phenols is 2. The molecule has 1 saturated heterocycles. The van der Waals surface area contributed by atoms with Crippen molar-refractivity contribution in [2.24, 2.45) is 0 Å². The topological polar surface area (TPSA) is 67.3 Å². The highest BCUT2D eigenvalue weighted by atomic mass is 16.3. The lowest BCUT2D eigenvalue weighted by atomic mass is 9.98. The van der Waals surface area contributed by atoms with E-state index in [1.165, 1.54) is 17.3 Å². The van der Waals surface area contributed by atoms with Crippen molar-refractivity contribution in [3.05, 3.63) is 52.6 Å². The summed E-state index contributed by atoms with van der Waals surface area (Å²) in [6, 6.07) is 9.98. The first-order chi connectivity index (χ1) is 14.7. The van der Waals surface area contributed by atoms with Crippen molar-refractivity contribution in [1.29, 1.82) is 0 Å². The molecule has 0 radical (unpaired) electrons. The summed E-state index contributed by atoms with van der Waals surface area (Å²) in [6.07, 6.45) is 0. The van der Waals surface area contributed by atoms with Gasteiger partial charge < -0.3 is 20.0 Å². The van der Waals surface area contributed by atoms with Gasteiger partial charge in [0.25, 0.3) is 5.91 Å². The van der Waals surface area contributed by atoms with Gasteiger partial charge in [0.1, 0.15) is 11.5 Å². The highest BCUT2D eigenvalue weighted by Gasteiger charge is 2.28. The van der Waals surface area contributed by atoms with Crippen molar-refractivity contribution in [2.75, 3.05) is 31.1 Å². The Labute approximate surface area is 184 Å². The number of rotatable bonds is 4. The van der Waals surface area contributed by atoms with Crippen LogP contribution in [-0.2, 0) is 13.1 Å². The molecule has 2 heterocycles. The van der Waals surface area contributed by atoms with E-state index in [1.54, 1.807) is 11.0 Å². The summed E-state index contributed by atoms with van der Waals surface area (Å²) in [5.41, 5.74) is 4.45. The lowest BCUT2D eigenvalue weighted by Crippen LogP contribution is -2.48. The van der Waals surface area contributed by atoms with Gasteiger partial charge in [-0.05, 0) is 54.7 Å². The van der Waals surface area contributed by atoms with Crippen LogP contribution in [0.15, 0.2) is 30.3 Å². The van der Waals surface area contributed by atoms with Gasteiger partial charge in [-0.2, -0.15) is 0 Å². The molecule has 1 fully saturated rings. The average molecular weight is 424 g/mol. The van der Waals surface area contributed by atoms with Gasteiger partial charge in [-0.1, -0.05) is 19.9 Å². The quantitative estimate of drug-likeness (QED) is 0.781. The molecule has 31 heavy (non-hydrogen) atoms. The van der Waals surface area contributed by atoms with Crippen LogP contribution in [0.1, 0.15) is 60.7 Å². The standard InChI is InChI=1S/C25H33N3O3/c1-16(2)21-12-22(24(30)13-23(21)29)25(31)28-14-18-5-6-20(11-19(18)15-28)27-9-7-26(8-10-27)17(3)4/h5-6,11-13,16-17,29-30H,7-10,14-15H2,1-4H3. The summed E-state index contributed by atoms with van der Waals surface area (Å²) >= 11 is 0. The smallest absolute Gasteiger partial charge is 0.258 e. The number of carbonyl (C=O) groups excluding carboxylic acids is 1. The van der Waals surface area contributed by atoms with Gasteiger partial charge in [0.05, 0.1) is 5.56 Å². The summed E-state index contributed by atoms with van der Waals surface area (Å²) in [5, 5.41) is 20.4. The van der Waals surface area contributed by atoms with Gasteiger partial charge in [0.2, 0.25) is 0 Å². The fraction of sp³-hybridized carbons (Fsp3) is 0.480. The molecule has 0 aromatic heterocycles. The van der Waals surface area contributed by atoms with Gasteiger partial charge in [0, 0.05) is 57.1 Å². The maximum absolute atomic E-state index is 13.2. The van der Waals surface area contributed by atoms with Gasteiger partial charge in [-0.25, -0.2) is 0 Å². The molecule has 2 N–H and O–H groups in total.